The predicted octanol–water partition coefficient (Wildman–Crippen LogP) is 4.96. The fourth-order valence-corrected chi connectivity index (χ4v) is 4.62. The maximum Gasteiger partial charge on any atom is 0.274 e. The summed E-state index contributed by atoms with van der Waals surface area (Å²) < 4.78 is 13.9. The minimum absolute atomic E-state index is 0.0964. The second kappa shape index (κ2) is 9.02. The first-order valence-corrected chi connectivity index (χ1v) is 11.4. The van der Waals surface area contributed by atoms with Gasteiger partial charge in [0.1, 0.15) is 11.5 Å². The molecule has 2 aromatic heterocycles. The summed E-state index contributed by atoms with van der Waals surface area (Å²) in [6.07, 6.45) is 2.54. The Kier molecular flexibility index (Phi) is 5.79. The van der Waals surface area contributed by atoms with E-state index in [0.717, 1.165) is 28.8 Å². The van der Waals surface area contributed by atoms with E-state index in [4.69, 9.17) is 21.1 Å². The lowest BCUT2D eigenvalue weighted by atomic mass is 10.2. The van der Waals surface area contributed by atoms with Gasteiger partial charge < -0.3 is 9.47 Å². The summed E-state index contributed by atoms with van der Waals surface area (Å²) in [6.45, 7) is 1.04. The number of ether oxygens (including phenoxy) is 2. The summed E-state index contributed by atoms with van der Waals surface area (Å²) in [5.74, 6) is 1.51. The van der Waals surface area contributed by atoms with Gasteiger partial charge in [-0.05, 0) is 48.5 Å². The highest BCUT2D eigenvalue weighted by Crippen LogP contribution is 2.24. The third-order valence-corrected chi connectivity index (χ3v) is 6.17. The Balaban J connectivity index is 1.37. The SMILES string of the molecule is O=c1/c(=C/c2cc(Cl)ccc2OCCCOc2ccccc2)sc2nc3ccccc3n12. The van der Waals surface area contributed by atoms with E-state index in [1.807, 2.05) is 66.7 Å². The second-order valence-electron chi connectivity index (χ2n) is 7.18. The predicted molar refractivity (Wildman–Crippen MR) is 129 cm³/mol. The van der Waals surface area contributed by atoms with Crippen molar-refractivity contribution in [2.45, 2.75) is 6.42 Å². The normalized spacial score (nSPS) is 12.0. The van der Waals surface area contributed by atoms with Crippen LogP contribution in [0.3, 0.4) is 0 Å². The molecule has 0 aliphatic heterocycles. The van der Waals surface area contributed by atoms with Gasteiger partial charge >= 0.3 is 0 Å². The molecule has 32 heavy (non-hydrogen) atoms. The first-order valence-electron chi connectivity index (χ1n) is 10.2. The van der Waals surface area contributed by atoms with Crippen molar-refractivity contribution in [2.24, 2.45) is 0 Å². The van der Waals surface area contributed by atoms with E-state index >= 15 is 0 Å². The molecule has 0 bridgehead atoms. The molecule has 5 nitrogen and oxygen atoms in total. The molecule has 0 saturated carbocycles. The smallest absolute Gasteiger partial charge is 0.274 e. The number of para-hydroxylation sites is 3. The molecule has 2 heterocycles. The fourth-order valence-electron chi connectivity index (χ4n) is 3.46. The standard InChI is InChI=1S/C25H19ClN2O3S/c26-18-11-12-22(31-14-6-13-30-19-7-2-1-3-8-19)17(15-18)16-23-24(29)28-21-10-5-4-9-20(21)27-25(28)32-23/h1-5,7-12,15-16H,6,13-14H2/b23-16-. The molecule has 0 N–H and O–H groups in total. The Bertz CT molecular complexity index is 1490. The molecule has 160 valence electrons. The maximum atomic E-state index is 13.0. The number of aromatic nitrogens is 2. The topological polar surface area (TPSA) is 52.8 Å². The Hall–Kier alpha value is -3.35. The molecule has 5 rings (SSSR count). The summed E-state index contributed by atoms with van der Waals surface area (Å²) in [6, 6.07) is 22.7. The van der Waals surface area contributed by atoms with Gasteiger partial charge in [-0.2, -0.15) is 0 Å². The lowest BCUT2D eigenvalue weighted by Crippen LogP contribution is -2.22. The Labute approximate surface area is 193 Å². The number of rotatable bonds is 7. The van der Waals surface area contributed by atoms with Gasteiger partial charge in [-0.25, -0.2) is 9.38 Å². The molecular formula is C25H19ClN2O3S. The summed E-state index contributed by atoms with van der Waals surface area (Å²) in [7, 11) is 0. The molecule has 0 aliphatic carbocycles. The van der Waals surface area contributed by atoms with Crippen LogP contribution >= 0.6 is 22.9 Å². The van der Waals surface area contributed by atoms with E-state index in [-0.39, 0.29) is 5.56 Å². The van der Waals surface area contributed by atoms with E-state index in [1.54, 1.807) is 16.5 Å². The molecule has 0 saturated heterocycles. The van der Waals surface area contributed by atoms with Crippen molar-refractivity contribution in [3.63, 3.8) is 0 Å². The monoisotopic (exact) mass is 462 g/mol. The van der Waals surface area contributed by atoms with Crippen molar-refractivity contribution in [3.8, 4) is 11.5 Å². The molecular weight excluding hydrogens is 444 g/mol. The average molecular weight is 463 g/mol. The van der Waals surface area contributed by atoms with Crippen LogP contribution in [0.1, 0.15) is 12.0 Å². The quantitative estimate of drug-likeness (QED) is 0.321. The molecule has 7 heteroatoms. The van der Waals surface area contributed by atoms with E-state index in [2.05, 4.69) is 4.98 Å². The van der Waals surface area contributed by atoms with Crippen LogP contribution in [-0.2, 0) is 0 Å². The highest BCUT2D eigenvalue weighted by atomic mass is 35.5. The summed E-state index contributed by atoms with van der Waals surface area (Å²) in [5.41, 5.74) is 2.28. The van der Waals surface area contributed by atoms with Crippen LogP contribution in [0.5, 0.6) is 11.5 Å². The van der Waals surface area contributed by atoms with Crippen molar-refractivity contribution in [1.82, 2.24) is 9.38 Å². The zero-order valence-electron chi connectivity index (χ0n) is 17.0. The van der Waals surface area contributed by atoms with Crippen molar-refractivity contribution < 1.29 is 9.47 Å². The number of hydrogen-bond acceptors (Lipinski definition) is 5. The summed E-state index contributed by atoms with van der Waals surface area (Å²) >= 11 is 7.58. The van der Waals surface area contributed by atoms with Crippen molar-refractivity contribution in [1.29, 1.82) is 0 Å². The molecule has 0 atom stereocenters. The number of benzene rings is 3. The van der Waals surface area contributed by atoms with E-state index < -0.39 is 0 Å². The van der Waals surface area contributed by atoms with Crippen LogP contribution in [-0.4, -0.2) is 22.6 Å². The first kappa shape index (κ1) is 20.5. The number of thiazole rings is 1. The van der Waals surface area contributed by atoms with Crippen molar-refractivity contribution >= 4 is 45.0 Å². The molecule has 5 aromatic rings. The largest absolute Gasteiger partial charge is 0.493 e. The molecule has 3 aromatic carbocycles. The Morgan fingerprint density at radius 2 is 1.75 bits per heavy atom. The van der Waals surface area contributed by atoms with Crippen LogP contribution < -0.4 is 19.6 Å². The summed E-state index contributed by atoms with van der Waals surface area (Å²) in [5, 5.41) is 0.579. The van der Waals surface area contributed by atoms with Crippen LogP contribution in [0.25, 0.3) is 22.1 Å². The lowest BCUT2D eigenvalue weighted by Gasteiger charge is -2.10. The molecule has 0 radical (unpaired) electrons. The Morgan fingerprint density at radius 3 is 2.62 bits per heavy atom. The number of nitrogens with zero attached hydrogens (tertiary/aromatic N) is 2. The van der Waals surface area contributed by atoms with Gasteiger partial charge in [0.15, 0.2) is 4.96 Å². The third-order valence-electron chi connectivity index (χ3n) is 4.96. The molecule has 0 fully saturated rings. The number of fused-ring (bicyclic) bond motifs is 3. The minimum Gasteiger partial charge on any atom is -0.493 e. The van der Waals surface area contributed by atoms with Gasteiger partial charge in [-0.15, -0.1) is 0 Å². The lowest BCUT2D eigenvalue weighted by molar-refractivity contribution is 0.247. The van der Waals surface area contributed by atoms with E-state index in [0.29, 0.717) is 33.5 Å². The van der Waals surface area contributed by atoms with E-state index in [1.165, 1.54) is 11.3 Å². The van der Waals surface area contributed by atoms with Gasteiger partial charge in [0.05, 0.1) is 28.8 Å². The average Bonchev–Trinajstić information content (AvgIpc) is 3.31. The van der Waals surface area contributed by atoms with Gasteiger partial charge in [-0.3, -0.25) is 4.79 Å². The zero-order chi connectivity index (χ0) is 21.9. The summed E-state index contributed by atoms with van der Waals surface area (Å²) in [4.78, 5) is 18.3. The van der Waals surface area contributed by atoms with Gasteiger partial charge in [0.2, 0.25) is 0 Å². The number of imidazole rings is 1. The molecule has 0 amide bonds. The second-order valence-corrected chi connectivity index (χ2v) is 8.63. The van der Waals surface area contributed by atoms with Crippen LogP contribution in [0.2, 0.25) is 5.02 Å². The molecule has 0 aliphatic rings. The first-order chi connectivity index (χ1) is 15.7. The minimum atomic E-state index is -0.0964. The van der Waals surface area contributed by atoms with Gasteiger partial charge in [-0.1, -0.05) is 53.3 Å². The van der Waals surface area contributed by atoms with Gasteiger partial charge in [0.25, 0.3) is 5.56 Å². The highest BCUT2D eigenvalue weighted by molar-refractivity contribution is 7.15. The number of halogens is 1. The van der Waals surface area contributed by atoms with Crippen LogP contribution in [0.4, 0.5) is 0 Å². The molecule has 0 unspecified atom stereocenters. The maximum absolute atomic E-state index is 13.0. The zero-order valence-corrected chi connectivity index (χ0v) is 18.6. The van der Waals surface area contributed by atoms with Crippen LogP contribution in [0, 0.1) is 0 Å². The highest BCUT2D eigenvalue weighted by Gasteiger charge is 2.11. The Morgan fingerprint density at radius 1 is 0.969 bits per heavy atom. The van der Waals surface area contributed by atoms with E-state index in [9.17, 15) is 4.79 Å². The number of hydrogen-bond donors (Lipinski definition) is 0. The van der Waals surface area contributed by atoms with Crippen molar-refractivity contribution in [3.05, 3.63) is 98.3 Å². The van der Waals surface area contributed by atoms with Gasteiger partial charge in [0, 0.05) is 17.0 Å². The molecule has 0 spiro atoms. The third kappa shape index (κ3) is 4.20. The fraction of sp³-hybridized carbons (Fsp3) is 0.120. The van der Waals surface area contributed by atoms with Crippen molar-refractivity contribution in [2.75, 3.05) is 13.2 Å². The van der Waals surface area contributed by atoms with Crippen LogP contribution in [0.15, 0.2) is 77.6 Å².